The lowest BCUT2D eigenvalue weighted by molar-refractivity contribution is -0.173. The Hall–Kier alpha value is -2.03. The van der Waals surface area contributed by atoms with Crippen LogP contribution in [0.25, 0.3) is 0 Å². The maximum Gasteiger partial charge on any atom is 0.249 e. The van der Waals surface area contributed by atoms with Gasteiger partial charge in [0.25, 0.3) is 0 Å². The second kappa shape index (κ2) is 10.3. The molecule has 2 atom stereocenters. The minimum absolute atomic E-state index is 0.0399. The summed E-state index contributed by atoms with van der Waals surface area (Å²) in [6, 6.07) is 3.62. The first-order valence-corrected chi connectivity index (χ1v) is 8.84. The summed E-state index contributed by atoms with van der Waals surface area (Å²) in [4.78, 5) is 17.8. The van der Waals surface area contributed by atoms with E-state index in [-0.39, 0.29) is 31.3 Å². The number of carbonyl (C=O) groups excluding carboxylic acids is 1. The molecule has 0 radical (unpaired) electrons. The summed E-state index contributed by atoms with van der Waals surface area (Å²) in [6.45, 7) is 0.186. The third kappa shape index (κ3) is 5.03. The normalized spacial score (nSPS) is 19.0. The zero-order chi connectivity index (χ0) is 19.8. The monoisotopic (exact) mass is 383 g/mol. The molecule has 1 amide bonds. The van der Waals surface area contributed by atoms with Gasteiger partial charge in [-0.05, 0) is 24.8 Å². The third-order valence-electron chi connectivity index (χ3n) is 4.76. The van der Waals surface area contributed by atoms with Crippen molar-refractivity contribution in [2.24, 2.45) is 5.92 Å². The SMILES string of the molecule is COCOc1cc(OC)c(OCOC)c(C2CCCC2C(=O)N(C)OC)c1. The maximum atomic E-state index is 12.7. The lowest BCUT2D eigenvalue weighted by Crippen LogP contribution is -2.33. The first-order chi connectivity index (χ1) is 13.1. The van der Waals surface area contributed by atoms with Crippen LogP contribution in [0.5, 0.6) is 17.2 Å². The van der Waals surface area contributed by atoms with Gasteiger partial charge in [-0.15, -0.1) is 0 Å². The highest BCUT2D eigenvalue weighted by Crippen LogP contribution is 2.48. The Bertz CT molecular complexity index is 622. The van der Waals surface area contributed by atoms with Crippen LogP contribution in [-0.2, 0) is 19.1 Å². The van der Waals surface area contributed by atoms with E-state index >= 15 is 0 Å². The molecule has 152 valence electrons. The lowest BCUT2D eigenvalue weighted by atomic mass is 9.87. The molecular weight excluding hydrogens is 354 g/mol. The highest BCUT2D eigenvalue weighted by atomic mass is 16.7. The maximum absolute atomic E-state index is 12.7. The number of methoxy groups -OCH3 is 3. The largest absolute Gasteiger partial charge is 0.493 e. The molecule has 0 heterocycles. The molecule has 1 aliphatic carbocycles. The molecule has 1 fully saturated rings. The molecule has 0 spiro atoms. The zero-order valence-corrected chi connectivity index (χ0v) is 16.6. The van der Waals surface area contributed by atoms with E-state index in [2.05, 4.69) is 0 Å². The fraction of sp³-hybridized carbons (Fsp3) is 0.632. The van der Waals surface area contributed by atoms with E-state index in [1.807, 2.05) is 6.07 Å². The van der Waals surface area contributed by atoms with Gasteiger partial charge < -0.3 is 23.7 Å². The molecule has 0 aliphatic heterocycles. The number of hydrogen-bond donors (Lipinski definition) is 0. The van der Waals surface area contributed by atoms with Crippen molar-refractivity contribution in [3.63, 3.8) is 0 Å². The molecular formula is C19H29NO7. The van der Waals surface area contributed by atoms with Crippen LogP contribution in [0.2, 0.25) is 0 Å². The van der Waals surface area contributed by atoms with Crippen molar-refractivity contribution in [3.8, 4) is 17.2 Å². The lowest BCUT2D eigenvalue weighted by Gasteiger charge is -2.26. The number of nitrogens with zero attached hydrogens (tertiary/aromatic N) is 1. The van der Waals surface area contributed by atoms with Gasteiger partial charge in [0.2, 0.25) is 5.91 Å². The average molecular weight is 383 g/mol. The first kappa shape index (κ1) is 21.3. The van der Waals surface area contributed by atoms with Gasteiger partial charge in [-0.3, -0.25) is 9.63 Å². The third-order valence-corrected chi connectivity index (χ3v) is 4.76. The molecule has 27 heavy (non-hydrogen) atoms. The van der Waals surface area contributed by atoms with Crippen molar-refractivity contribution in [3.05, 3.63) is 17.7 Å². The average Bonchev–Trinajstić information content (AvgIpc) is 3.18. The van der Waals surface area contributed by atoms with E-state index in [4.69, 9.17) is 28.5 Å². The fourth-order valence-electron chi connectivity index (χ4n) is 3.46. The van der Waals surface area contributed by atoms with Crippen LogP contribution < -0.4 is 14.2 Å². The molecule has 2 unspecified atom stereocenters. The van der Waals surface area contributed by atoms with Crippen molar-refractivity contribution in [2.45, 2.75) is 25.2 Å². The minimum atomic E-state index is -0.206. The fourth-order valence-corrected chi connectivity index (χ4v) is 3.46. The Labute approximate surface area is 160 Å². The van der Waals surface area contributed by atoms with Gasteiger partial charge in [-0.1, -0.05) is 6.42 Å². The molecule has 8 nitrogen and oxygen atoms in total. The van der Waals surface area contributed by atoms with Crippen molar-refractivity contribution in [2.75, 3.05) is 49.1 Å². The zero-order valence-electron chi connectivity index (χ0n) is 16.6. The smallest absolute Gasteiger partial charge is 0.249 e. The highest BCUT2D eigenvalue weighted by Gasteiger charge is 2.38. The summed E-state index contributed by atoms with van der Waals surface area (Å²) < 4.78 is 27.0. The molecule has 0 N–H and O–H groups in total. The van der Waals surface area contributed by atoms with Crippen LogP contribution in [0.4, 0.5) is 0 Å². The van der Waals surface area contributed by atoms with E-state index in [0.29, 0.717) is 17.2 Å². The second-order valence-corrected chi connectivity index (χ2v) is 6.31. The summed E-state index contributed by atoms with van der Waals surface area (Å²) in [5, 5.41) is 1.28. The molecule has 0 saturated heterocycles. The molecule has 1 aliphatic rings. The molecule has 1 saturated carbocycles. The number of amides is 1. The Morgan fingerprint density at radius 1 is 1.07 bits per heavy atom. The standard InChI is InChI=1S/C19H29NO7/c1-20(25-5)19(21)15-8-6-7-14(15)16-9-13(26-11-22-2)10-17(24-4)18(16)27-12-23-3/h9-10,14-15H,6-8,11-12H2,1-5H3. The number of hydrogen-bond acceptors (Lipinski definition) is 7. The molecule has 0 aromatic heterocycles. The number of rotatable bonds is 10. The number of carbonyl (C=O) groups is 1. The van der Waals surface area contributed by atoms with Gasteiger partial charge in [0.15, 0.2) is 25.1 Å². The van der Waals surface area contributed by atoms with E-state index in [9.17, 15) is 4.79 Å². The van der Waals surface area contributed by atoms with Crippen LogP contribution in [0.1, 0.15) is 30.7 Å². The van der Waals surface area contributed by atoms with Crippen LogP contribution in [0.3, 0.4) is 0 Å². The van der Waals surface area contributed by atoms with Crippen molar-refractivity contribution < 1.29 is 33.3 Å². The number of ether oxygens (including phenoxy) is 5. The Morgan fingerprint density at radius 3 is 2.41 bits per heavy atom. The van der Waals surface area contributed by atoms with Crippen LogP contribution in [0.15, 0.2) is 12.1 Å². The van der Waals surface area contributed by atoms with Gasteiger partial charge >= 0.3 is 0 Å². The van der Waals surface area contributed by atoms with Gasteiger partial charge in [0, 0.05) is 38.8 Å². The highest BCUT2D eigenvalue weighted by molar-refractivity contribution is 5.79. The van der Waals surface area contributed by atoms with E-state index in [1.54, 1.807) is 34.4 Å². The summed E-state index contributed by atoms with van der Waals surface area (Å²) in [5.41, 5.74) is 0.859. The summed E-state index contributed by atoms with van der Waals surface area (Å²) in [6.07, 6.45) is 2.58. The van der Waals surface area contributed by atoms with E-state index in [1.165, 1.54) is 12.2 Å². The minimum Gasteiger partial charge on any atom is -0.493 e. The van der Waals surface area contributed by atoms with Crippen molar-refractivity contribution in [1.82, 2.24) is 5.06 Å². The van der Waals surface area contributed by atoms with Crippen LogP contribution in [-0.4, -0.2) is 60.0 Å². The number of benzene rings is 1. The molecule has 8 heteroatoms. The quantitative estimate of drug-likeness (QED) is 0.454. The predicted molar refractivity (Wildman–Crippen MR) is 97.9 cm³/mol. The van der Waals surface area contributed by atoms with Crippen molar-refractivity contribution >= 4 is 5.91 Å². The molecule has 0 bridgehead atoms. The Balaban J connectivity index is 2.45. The summed E-state index contributed by atoms with van der Waals surface area (Å²) in [7, 11) is 7.78. The van der Waals surface area contributed by atoms with Crippen LogP contribution >= 0.6 is 0 Å². The van der Waals surface area contributed by atoms with Crippen molar-refractivity contribution in [1.29, 1.82) is 0 Å². The topological polar surface area (TPSA) is 75.7 Å². The van der Waals surface area contributed by atoms with Crippen LogP contribution in [0, 0.1) is 5.92 Å². The van der Waals surface area contributed by atoms with E-state index in [0.717, 1.165) is 24.8 Å². The summed E-state index contributed by atoms with van der Waals surface area (Å²) >= 11 is 0. The first-order valence-electron chi connectivity index (χ1n) is 8.84. The Kier molecular flexibility index (Phi) is 8.15. The van der Waals surface area contributed by atoms with Gasteiger partial charge in [-0.2, -0.15) is 0 Å². The Morgan fingerprint density at radius 2 is 1.78 bits per heavy atom. The number of hydroxylamine groups is 2. The molecule has 1 aromatic carbocycles. The summed E-state index contributed by atoms with van der Waals surface area (Å²) in [5.74, 6) is 1.37. The predicted octanol–water partition coefficient (Wildman–Crippen LogP) is 2.56. The van der Waals surface area contributed by atoms with Gasteiger partial charge in [0.1, 0.15) is 5.75 Å². The molecule has 2 rings (SSSR count). The second-order valence-electron chi connectivity index (χ2n) is 6.31. The van der Waals surface area contributed by atoms with Gasteiger partial charge in [-0.25, -0.2) is 5.06 Å². The van der Waals surface area contributed by atoms with Gasteiger partial charge in [0.05, 0.1) is 14.2 Å². The van der Waals surface area contributed by atoms with E-state index < -0.39 is 0 Å². The molecule has 1 aromatic rings.